The van der Waals surface area contributed by atoms with Crippen molar-refractivity contribution >= 4 is 16.7 Å². The first kappa shape index (κ1) is 18.6. The monoisotopic (exact) mass is 366 g/mol. The average Bonchev–Trinajstić information content (AvgIpc) is 2.67. The minimum atomic E-state index is -0.507. The summed E-state index contributed by atoms with van der Waals surface area (Å²) in [7, 11) is 0. The molecule has 27 heavy (non-hydrogen) atoms. The number of nitrogens with zero attached hydrogens (tertiary/aromatic N) is 2. The number of aryl methyl sites for hydroxylation is 1. The van der Waals surface area contributed by atoms with Crippen molar-refractivity contribution in [2.45, 2.75) is 32.7 Å². The third-order valence-electron chi connectivity index (χ3n) is 4.65. The second-order valence-corrected chi connectivity index (χ2v) is 6.51. The average molecular weight is 366 g/mol. The third-order valence-corrected chi connectivity index (χ3v) is 4.65. The molecule has 0 spiro atoms. The zero-order valence-electron chi connectivity index (χ0n) is 15.4. The number of nitrogens with one attached hydrogen (secondary N) is 2. The molecule has 0 aliphatic carbocycles. The van der Waals surface area contributed by atoms with E-state index >= 15 is 0 Å². The summed E-state index contributed by atoms with van der Waals surface area (Å²) in [5.74, 6) is -0.676. The molecular formula is C20H22N4O3. The van der Waals surface area contributed by atoms with Crippen LogP contribution in [0.4, 0.5) is 0 Å². The summed E-state index contributed by atoms with van der Waals surface area (Å²) in [6, 6.07) is 12.2. The fraction of sp³-hybridized carbons (Fsp3) is 0.300. The number of carbonyl (C=O) groups excluding carboxylic acids is 1. The van der Waals surface area contributed by atoms with E-state index in [1.165, 1.54) is 6.07 Å². The van der Waals surface area contributed by atoms with Gasteiger partial charge in [-0.25, -0.2) is 5.10 Å². The molecule has 0 radical (unpaired) electrons. The summed E-state index contributed by atoms with van der Waals surface area (Å²) < 4.78 is 1.69. The number of amides is 1. The van der Waals surface area contributed by atoms with Crippen LogP contribution in [-0.4, -0.2) is 27.2 Å². The van der Waals surface area contributed by atoms with Crippen molar-refractivity contribution in [1.82, 2.24) is 20.1 Å². The van der Waals surface area contributed by atoms with Gasteiger partial charge in [0.25, 0.3) is 11.1 Å². The highest BCUT2D eigenvalue weighted by atomic mass is 16.2. The number of H-pyrrole nitrogens is 1. The molecule has 1 unspecified atom stereocenters. The van der Waals surface area contributed by atoms with E-state index in [9.17, 15) is 14.4 Å². The van der Waals surface area contributed by atoms with Crippen LogP contribution in [0.5, 0.6) is 0 Å². The lowest BCUT2D eigenvalue weighted by Gasteiger charge is -2.14. The largest absolute Gasteiger partial charge is 0.355 e. The van der Waals surface area contributed by atoms with Gasteiger partial charge in [-0.2, -0.15) is 5.10 Å². The molecule has 2 heterocycles. The summed E-state index contributed by atoms with van der Waals surface area (Å²) in [4.78, 5) is 36.2. The Bertz CT molecular complexity index is 1080. The first-order valence-electron chi connectivity index (χ1n) is 8.90. The first-order valence-corrected chi connectivity index (χ1v) is 8.90. The molecule has 3 aromatic rings. The number of pyridine rings is 1. The zero-order chi connectivity index (χ0) is 19.4. The molecule has 0 saturated carbocycles. The van der Waals surface area contributed by atoms with Gasteiger partial charge in [-0.15, -0.1) is 0 Å². The van der Waals surface area contributed by atoms with Gasteiger partial charge in [-0.1, -0.05) is 24.3 Å². The van der Waals surface area contributed by atoms with Crippen LogP contribution >= 0.6 is 0 Å². The normalized spacial score (nSPS) is 12.1. The second-order valence-electron chi connectivity index (χ2n) is 6.51. The Morgan fingerprint density at radius 1 is 1.15 bits per heavy atom. The van der Waals surface area contributed by atoms with Crippen molar-refractivity contribution < 1.29 is 4.79 Å². The highest BCUT2D eigenvalue weighted by Crippen LogP contribution is 2.20. The molecule has 7 heteroatoms. The Balaban J connectivity index is 1.64. The van der Waals surface area contributed by atoms with Crippen LogP contribution in [0.2, 0.25) is 0 Å². The molecule has 1 atom stereocenters. The van der Waals surface area contributed by atoms with Crippen molar-refractivity contribution in [1.29, 1.82) is 0 Å². The van der Waals surface area contributed by atoms with Gasteiger partial charge in [0.2, 0.25) is 5.91 Å². The summed E-state index contributed by atoms with van der Waals surface area (Å²) in [5, 5.41) is 10.6. The van der Waals surface area contributed by atoms with Crippen molar-refractivity contribution in [3.05, 3.63) is 74.6 Å². The van der Waals surface area contributed by atoms with Crippen LogP contribution in [0.15, 0.2) is 52.1 Å². The first-order chi connectivity index (χ1) is 13.0. The van der Waals surface area contributed by atoms with E-state index in [1.807, 2.05) is 19.1 Å². The molecule has 0 bridgehead atoms. The summed E-state index contributed by atoms with van der Waals surface area (Å²) in [5.41, 5.74) is 1.12. The van der Waals surface area contributed by atoms with Crippen molar-refractivity contribution in [2.24, 2.45) is 0 Å². The smallest absolute Gasteiger partial charge is 0.272 e. The molecule has 0 saturated heterocycles. The molecule has 3 rings (SSSR count). The van der Waals surface area contributed by atoms with Crippen LogP contribution < -0.4 is 16.4 Å². The standard InChI is InChI=1S/C20H22N4O3/c1-13-7-5-10-17(25)24(13)12-6-11-21-19(26)14(2)18-15-8-3-4-9-16(15)20(27)23-22-18/h3-5,7-10,14H,6,11-12H2,1-2H3,(H,21,26)(H,23,27). The van der Waals surface area contributed by atoms with Gasteiger partial charge in [0, 0.05) is 30.2 Å². The van der Waals surface area contributed by atoms with E-state index in [0.717, 1.165) is 5.69 Å². The van der Waals surface area contributed by atoms with Gasteiger partial charge in [0.15, 0.2) is 0 Å². The fourth-order valence-electron chi connectivity index (χ4n) is 3.10. The summed E-state index contributed by atoms with van der Waals surface area (Å²) in [6.07, 6.45) is 0.642. The van der Waals surface area contributed by atoms with Crippen LogP contribution in [0, 0.1) is 6.92 Å². The molecule has 2 N–H and O–H groups in total. The molecular weight excluding hydrogens is 344 g/mol. The maximum atomic E-state index is 12.5. The molecule has 1 amide bonds. The number of fused-ring (bicyclic) bond motifs is 1. The molecule has 2 aromatic heterocycles. The highest BCUT2D eigenvalue weighted by molar-refractivity contribution is 5.90. The number of aromatic nitrogens is 3. The lowest BCUT2D eigenvalue weighted by molar-refractivity contribution is -0.122. The van der Waals surface area contributed by atoms with Gasteiger partial charge in [-0.3, -0.25) is 14.4 Å². The minimum Gasteiger partial charge on any atom is -0.355 e. The van der Waals surface area contributed by atoms with E-state index in [0.29, 0.717) is 36.0 Å². The Morgan fingerprint density at radius 3 is 2.63 bits per heavy atom. The zero-order valence-corrected chi connectivity index (χ0v) is 15.4. The predicted molar refractivity (Wildman–Crippen MR) is 104 cm³/mol. The van der Waals surface area contributed by atoms with Crippen molar-refractivity contribution in [2.75, 3.05) is 6.54 Å². The van der Waals surface area contributed by atoms with Crippen molar-refractivity contribution in [3.63, 3.8) is 0 Å². The lowest BCUT2D eigenvalue weighted by atomic mass is 10.0. The van der Waals surface area contributed by atoms with Gasteiger partial charge < -0.3 is 9.88 Å². The highest BCUT2D eigenvalue weighted by Gasteiger charge is 2.19. The fourth-order valence-corrected chi connectivity index (χ4v) is 3.10. The van der Waals surface area contributed by atoms with Crippen LogP contribution in [0.1, 0.15) is 30.7 Å². The number of hydrogen-bond acceptors (Lipinski definition) is 4. The number of aromatic amines is 1. The summed E-state index contributed by atoms with van der Waals surface area (Å²) in [6.45, 7) is 4.63. The lowest BCUT2D eigenvalue weighted by Crippen LogP contribution is -2.31. The Labute approximate surface area is 156 Å². The third kappa shape index (κ3) is 3.97. The van der Waals surface area contributed by atoms with Gasteiger partial charge in [0.05, 0.1) is 17.0 Å². The summed E-state index contributed by atoms with van der Waals surface area (Å²) >= 11 is 0. The van der Waals surface area contributed by atoms with Crippen molar-refractivity contribution in [3.8, 4) is 0 Å². The molecule has 7 nitrogen and oxygen atoms in total. The van der Waals surface area contributed by atoms with E-state index in [-0.39, 0.29) is 17.0 Å². The van der Waals surface area contributed by atoms with Gasteiger partial charge in [-0.05, 0) is 32.4 Å². The number of benzene rings is 1. The Kier molecular flexibility index (Phi) is 5.49. The predicted octanol–water partition coefficient (Wildman–Crippen LogP) is 1.70. The number of hydrogen-bond donors (Lipinski definition) is 2. The number of rotatable bonds is 6. The van der Waals surface area contributed by atoms with Crippen LogP contribution in [0.3, 0.4) is 0 Å². The molecule has 0 aliphatic rings. The van der Waals surface area contributed by atoms with Crippen LogP contribution in [-0.2, 0) is 11.3 Å². The SMILES string of the molecule is Cc1cccc(=O)n1CCCNC(=O)C(C)c1n[nH]c(=O)c2ccccc12. The molecule has 1 aromatic carbocycles. The topological polar surface area (TPSA) is 96.8 Å². The molecule has 0 fully saturated rings. The number of carbonyl (C=O) groups is 1. The quantitative estimate of drug-likeness (QED) is 0.649. The Morgan fingerprint density at radius 2 is 1.89 bits per heavy atom. The van der Waals surface area contributed by atoms with E-state index < -0.39 is 5.92 Å². The van der Waals surface area contributed by atoms with Gasteiger partial charge >= 0.3 is 0 Å². The maximum Gasteiger partial charge on any atom is 0.272 e. The molecule has 0 aliphatic heterocycles. The minimum absolute atomic E-state index is 0.0430. The Hall–Kier alpha value is -3.22. The van der Waals surface area contributed by atoms with Gasteiger partial charge in [0.1, 0.15) is 0 Å². The van der Waals surface area contributed by atoms with E-state index in [2.05, 4.69) is 15.5 Å². The van der Waals surface area contributed by atoms with Crippen LogP contribution in [0.25, 0.3) is 10.8 Å². The van der Waals surface area contributed by atoms with E-state index in [4.69, 9.17) is 0 Å². The second kappa shape index (κ2) is 7.99. The maximum absolute atomic E-state index is 12.5. The molecule has 140 valence electrons. The van der Waals surface area contributed by atoms with E-state index in [1.54, 1.807) is 35.8 Å².